The molecule has 0 aromatic carbocycles. The first kappa shape index (κ1) is 14.4. The molecule has 6 heteroatoms. The Hall–Kier alpha value is -0.620. The maximum atomic E-state index is 11.5. The van der Waals surface area contributed by atoms with Gasteiger partial charge in [-0.2, -0.15) is 0 Å². The van der Waals surface area contributed by atoms with E-state index in [9.17, 15) is 13.2 Å². The van der Waals surface area contributed by atoms with Crippen LogP contribution in [0.25, 0.3) is 0 Å². The molecule has 0 saturated heterocycles. The lowest BCUT2D eigenvalue weighted by molar-refractivity contribution is -0.121. The molecule has 0 heterocycles. The highest BCUT2D eigenvalue weighted by Crippen LogP contribution is 2.00. The second-order valence-electron chi connectivity index (χ2n) is 4.09. The van der Waals surface area contributed by atoms with E-state index in [0.717, 1.165) is 6.26 Å². The molecular formula is C9H20N2O3S. The van der Waals surface area contributed by atoms with Crippen molar-refractivity contribution in [1.82, 2.24) is 5.32 Å². The van der Waals surface area contributed by atoms with Gasteiger partial charge >= 0.3 is 0 Å². The van der Waals surface area contributed by atoms with Crippen molar-refractivity contribution in [3.63, 3.8) is 0 Å². The third kappa shape index (κ3) is 5.74. The molecule has 0 aliphatic heterocycles. The van der Waals surface area contributed by atoms with Gasteiger partial charge in [0.05, 0.1) is 0 Å². The summed E-state index contributed by atoms with van der Waals surface area (Å²) in [7, 11) is -3.32. The van der Waals surface area contributed by atoms with Crippen LogP contribution in [0.15, 0.2) is 0 Å². The van der Waals surface area contributed by atoms with Gasteiger partial charge in [-0.1, -0.05) is 0 Å². The summed E-state index contributed by atoms with van der Waals surface area (Å²) >= 11 is 0. The van der Waals surface area contributed by atoms with Crippen molar-refractivity contribution in [2.45, 2.75) is 44.5 Å². The number of nitrogens with two attached hydrogens (primary N) is 1. The molecule has 0 spiro atoms. The van der Waals surface area contributed by atoms with E-state index in [4.69, 9.17) is 5.73 Å². The number of nitrogens with one attached hydrogen (secondary N) is 1. The lowest BCUT2D eigenvalue weighted by atomic mass is 10.1. The lowest BCUT2D eigenvalue weighted by Gasteiger charge is -2.18. The molecule has 0 aromatic heterocycles. The Kier molecular flexibility index (Phi) is 5.23. The monoisotopic (exact) mass is 236 g/mol. The van der Waals surface area contributed by atoms with Crippen LogP contribution in [0.3, 0.4) is 0 Å². The van der Waals surface area contributed by atoms with E-state index >= 15 is 0 Å². The number of carbonyl (C=O) groups excluding carboxylic acids is 1. The normalized spacial score (nSPS) is 17.9. The van der Waals surface area contributed by atoms with Gasteiger partial charge < -0.3 is 11.1 Å². The van der Waals surface area contributed by atoms with Gasteiger partial charge in [0.25, 0.3) is 0 Å². The first-order valence-electron chi connectivity index (χ1n) is 4.89. The molecule has 0 aromatic rings. The number of hydrogen-bond donors (Lipinski definition) is 2. The van der Waals surface area contributed by atoms with Gasteiger partial charge in [0, 0.05) is 18.3 Å². The second-order valence-corrected chi connectivity index (χ2v) is 6.46. The Labute approximate surface area is 91.3 Å². The van der Waals surface area contributed by atoms with Gasteiger partial charge in [-0.25, -0.2) is 8.42 Å². The smallest absolute Gasteiger partial charge is 0.238 e. The van der Waals surface area contributed by atoms with Gasteiger partial charge in [-0.05, 0) is 27.2 Å². The van der Waals surface area contributed by atoms with Crippen molar-refractivity contribution in [2.75, 3.05) is 6.26 Å². The second kappa shape index (κ2) is 5.46. The minimum Gasteiger partial charge on any atom is -0.352 e. The van der Waals surface area contributed by atoms with Crippen LogP contribution in [0.5, 0.6) is 0 Å². The highest BCUT2D eigenvalue weighted by Gasteiger charge is 2.24. The van der Waals surface area contributed by atoms with Crippen molar-refractivity contribution in [3.05, 3.63) is 0 Å². The largest absolute Gasteiger partial charge is 0.352 e. The molecule has 0 fully saturated rings. The Morgan fingerprint density at radius 3 is 2.13 bits per heavy atom. The molecular weight excluding hydrogens is 216 g/mol. The fraction of sp³-hybridized carbons (Fsp3) is 0.889. The summed E-state index contributed by atoms with van der Waals surface area (Å²) in [5.74, 6) is -0.467. The predicted octanol–water partition coefficient (Wildman–Crippen LogP) is -0.338. The minimum absolute atomic E-state index is 0.0196. The zero-order valence-electron chi connectivity index (χ0n) is 9.65. The topological polar surface area (TPSA) is 89.3 Å². The molecule has 1 amide bonds. The van der Waals surface area contributed by atoms with Gasteiger partial charge in [-0.3, -0.25) is 4.79 Å². The minimum atomic E-state index is -3.32. The Balaban J connectivity index is 4.26. The number of hydrogen-bond acceptors (Lipinski definition) is 4. The van der Waals surface area contributed by atoms with Crippen LogP contribution < -0.4 is 11.1 Å². The van der Waals surface area contributed by atoms with E-state index in [2.05, 4.69) is 5.32 Å². The summed E-state index contributed by atoms with van der Waals surface area (Å²) in [6, 6.07) is -0.129. The van der Waals surface area contributed by atoms with Gasteiger partial charge in [-0.15, -0.1) is 0 Å². The van der Waals surface area contributed by atoms with Crippen LogP contribution in [0.1, 0.15) is 27.2 Å². The van der Waals surface area contributed by atoms with Crippen molar-refractivity contribution < 1.29 is 13.2 Å². The van der Waals surface area contributed by atoms with Crippen molar-refractivity contribution in [2.24, 2.45) is 5.73 Å². The Morgan fingerprint density at radius 1 is 1.33 bits per heavy atom. The van der Waals surface area contributed by atoms with Crippen LogP contribution in [-0.2, 0) is 14.6 Å². The third-order valence-corrected chi connectivity index (χ3v) is 3.62. The fourth-order valence-corrected chi connectivity index (χ4v) is 1.63. The zero-order valence-corrected chi connectivity index (χ0v) is 10.5. The van der Waals surface area contributed by atoms with E-state index in [-0.39, 0.29) is 12.1 Å². The molecule has 3 unspecified atom stereocenters. The average molecular weight is 236 g/mol. The first-order valence-corrected chi connectivity index (χ1v) is 6.85. The maximum absolute atomic E-state index is 11.5. The van der Waals surface area contributed by atoms with E-state index in [1.807, 2.05) is 6.92 Å². The molecule has 0 bridgehead atoms. The van der Waals surface area contributed by atoms with Gasteiger partial charge in [0.2, 0.25) is 5.91 Å². The highest BCUT2D eigenvalue weighted by atomic mass is 32.2. The zero-order chi connectivity index (χ0) is 12.2. The van der Waals surface area contributed by atoms with Crippen LogP contribution >= 0.6 is 0 Å². The number of amides is 1. The average Bonchev–Trinajstić information content (AvgIpc) is 1.99. The molecule has 0 radical (unpaired) electrons. The maximum Gasteiger partial charge on any atom is 0.238 e. The molecule has 0 aliphatic rings. The third-order valence-electron chi connectivity index (χ3n) is 2.13. The van der Waals surface area contributed by atoms with E-state index in [1.165, 1.54) is 6.92 Å². The number of sulfone groups is 1. The van der Waals surface area contributed by atoms with Crippen LogP contribution in [0.4, 0.5) is 0 Å². The van der Waals surface area contributed by atoms with Crippen molar-refractivity contribution in [1.29, 1.82) is 0 Å². The van der Waals surface area contributed by atoms with Gasteiger partial charge in [0.1, 0.15) is 5.25 Å². The van der Waals surface area contributed by atoms with E-state index in [0.29, 0.717) is 6.42 Å². The van der Waals surface area contributed by atoms with E-state index < -0.39 is 21.0 Å². The molecule has 0 aliphatic carbocycles. The summed E-state index contributed by atoms with van der Waals surface area (Å²) in [5, 5.41) is 1.61. The van der Waals surface area contributed by atoms with Gasteiger partial charge in [0.15, 0.2) is 9.84 Å². The molecule has 3 N–H and O–H groups in total. The standard InChI is InChI=1S/C9H20N2O3S/c1-6(10)5-7(2)11-9(12)8(3)15(4,13)14/h6-8H,5,10H2,1-4H3,(H,11,12). The summed E-state index contributed by atoms with van der Waals surface area (Å²) in [4.78, 5) is 11.5. The molecule has 0 saturated carbocycles. The molecule has 15 heavy (non-hydrogen) atoms. The predicted molar refractivity (Wildman–Crippen MR) is 60.2 cm³/mol. The summed E-state index contributed by atoms with van der Waals surface area (Å²) in [5.41, 5.74) is 5.56. The Morgan fingerprint density at radius 2 is 1.80 bits per heavy atom. The first-order chi connectivity index (χ1) is 6.64. The summed E-state index contributed by atoms with van der Waals surface area (Å²) in [6.45, 7) is 5.02. The van der Waals surface area contributed by atoms with Crippen LogP contribution in [0.2, 0.25) is 0 Å². The lowest BCUT2D eigenvalue weighted by Crippen LogP contribution is -2.43. The number of carbonyl (C=O) groups is 1. The molecule has 0 rings (SSSR count). The SMILES string of the molecule is CC(N)CC(C)NC(=O)C(C)S(C)(=O)=O. The van der Waals surface area contributed by atoms with Crippen LogP contribution in [-0.4, -0.2) is 37.9 Å². The highest BCUT2D eigenvalue weighted by molar-refractivity contribution is 7.92. The van der Waals surface area contributed by atoms with E-state index in [1.54, 1.807) is 6.92 Å². The fourth-order valence-electron chi connectivity index (χ4n) is 1.17. The Bertz CT molecular complexity index is 311. The summed E-state index contributed by atoms with van der Waals surface area (Å²) < 4.78 is 22.2. The summed E-state index contributed by atoms with van der Waals surface area (Å²) in [6.07, 6.45) is 1.68. The number of rotatable bonds is 5. The molecule has 90 valence electrons. The van der Waals surface area contributed by atoms with Crippen LogP contribution in [0, 0.1) is 0 Å². The molecule has 3 atom stereocenters. The quantitative estimate of drug-likeness (QED) is 0.683. The molecule has 5 nitrogen and oxygen atoms in total. The van der Waals surface area contributed by atoms with Crippen molar-refractivity contribution >= 4 is 15.7 Å². The van der Waals surface area contributed by atoms with Crippen molar-refractivity contribution in [3.8, 4) is 0 Å².